The molecule has 0 saturated heterocycles. The van der Waals surface area contributed by atoms with Crippen LogP contribution in [0.15, 0.2) is 42.5 Å². The molecule has 2 aromatic carbocycles. The average molecular weight is 320 g/mol. The minimum absolute atomic E-state index is 0.00775. The molecule has 0 saturated carbocycles. The van der Waals surface area contributed by atoms with Gasteiger partial charge in [-0.1, -0.05) is 29.3 Å². The van der Waals surface area contributed by atoms with Crippen molar-refractivity contribution < 1.29 is 9.59 Å². The highest BCUT2D eigenvalue weighted by molar-refractivity contribution is 6.31. The number of hydrogen-bond acceptors (Lipinski definition) is 2. The highest BCUT2D eigenvalue weighted by atomic mass is 35.5. The first kappa shape index (κ1) is 14.1. The summed E-state index contributed by atoms with van der Waals surface area (Å²) in [4.78, 5) is 25.8. The number of nitrogens with zero attached hydrogens (tertiary/aromatic N) is 1. The molecule has 3 rings (SSSR count). The van der Waals surface area contributed by atoms with E-state index in [0.29, 0.717) is 22.0 Å². The second kappa shape index (κ2) is 5.51. The molecule has 21 heavy (non-hydrogen) atoms. The number of fused-ring (bicyclic) bond motifs is 1. The lowest BCUT2D eigenvalue weighted by Gasteiger charge is -2.16. The minimum atomic E-state index is -0.132. The zero-order valence-electron chi connectivity index (χ0n) is 11.0. The fraction of sp³-hybridized carbons (Fsp3) is 0.125. The van der Waals surface area contributed by atoms with E-state index in [4.69, 9.17) is 23.2 Å². The van der Waals surface area contributed by atoms with E-state index in [-0.39, 0.29) is 18.2 Å². The second-order valence-corrected chi connectivity index (χ2v) is 5.73. The zero-order chi connectivity index (χ0) is 15.0. The van der Waals surface area contributed by atoms with Crippen molar-refractivity contribution >= 4 is 40.6 Å². The van der Waals surface area contributed by atoms with Gasteiger partial charge in [-0.2, -0.15) is 0 Å². The van der Waals surface area contributed by atoms with E-state index in [9.17, 15) is 9.59 Å². The first-order valence-electron chi connectivity index (χ1n) is 6.42. The van der Waals surface area contributed by atoms with Gasteiger partial charge in [-0.25, -0.2) is 0 Å². The average Bonchev–Trinajstić information content (AvgIpc) is 2.76. The van der Waals surface area contributed by atoms with E-state index < -0.39 is 0 Å². The van der Waals surface area contributed by atoms with Gasteiger partial charge >= 0.3 is 0 Å². The summed E-state index contributed by atoms with van der Waals surface area (Å²) in [5.41, 5.74) is 2.14. The number of Topliss-reactive ketones (excluding diaryl/α,β-unsaturated/α-hetero) is 1. The third-order valence-electron chi connectivity index (χ3n) is 3.45. The molecule has 106 valence electrons. The summed E-state index contributed by atoms with van der Waals surface area (Å²) in [7, 11) is 0. The summed E-state index contributed by atoms with van der Waals surface area (Å²) in [6, 6.07) is 11.9. The second-order valence-electron chi connectivity index (χ2n) is 4.86. The van der Waals surface area contributed by atoms with Gasteiger partial charge < -0.3 is 4.90 Å². The van der Waals surface area contributed by atoms with Crippen molar-refractivity contribution in [1.29, 1.82) is 0 Å². The number of carbonyl (C=O) groups excluding carboxylic acids is 2. The van der Waals surface area contributed by atoms with Gasteiger partial charge in [0.05, 0.1) is 13.0 Å². The lowest BCUT2D eigenvalue weighted by Crippen LogP contribution is -2.32. The summed E-state index contributed by atoms with van der Waals surface area (Å²) in [5.74, 6) is -0.220. The van der Waals surface area contributed by atoms with E-state index in [2.05, 4.69) is 0 Å². The minimum Gasteiger partial charge on any atom is -0.304 e. The molecule has 0 spiro atoms. The van der Waals surface area contributed by atoms with Crippen LogP contribution in [0.4, 0.5) is 5.69 Å². The van der Waals surface area contributed by atoms with Crippen molar-refractivity contribution in [2.75, 3.05) is 11.4 Å². The molecule has 1 aliphatic rings. The van der Waals surface area contributed by atoms with Crippen LogP contribution in [-0.2, 0) is 11.2 Å². The Morgan fingerprint density at radius 1 is 1.05 bits per heavy atom. The molecule has 0 unspecified atom stereocenters. The normalized spacial score (nSPS) is 13.4. The monoisotopic (exact) mass is 319 g/mol. The molecule has 0 aliphatic carbocycles. The number of anilines is 1. The molecule has 2 aromatic rings. The Bertz CT molecular complexity index is 726. The van der Waals surface area contributed by atoms with Gasteiger partial charge in [-0.3, -0.25) is 9.59 Å². The highest BCUT2D eigenvalue weighted by Gasteiger charge is 2.29. The van der Waals surface area contributed by atoms with Gasteiger partial charge in [0.25, 0.3) is 0 Å². The number of halogens is 2. The van der Waals surface area contributed by atoms with Crippen LogP contribution in [0.3, 0.4) is 0 Å². The lowest BCUT2D eigenvalue weighted by molar-refractivity contribution is -0.117. The molecule has 1 amide bonds. The van der Waals surface area contributed by atoms with E-state index in [1.807, 2.05) is 6.07 Å². The molecule has 0 N–H and O–H groups in total. The van der Waals surface area contributed by atoms with E-state index in [1.165, 1.54) is 4.90 Å². The van der Waals surface area contributed by atoms with Crippen molar-refractivity contribution in [3.63, 3.8) is 0 Å². The van der Waals surface area contributed by atoms with Crippen LogP contribution in [0.25, 0.3) is 0 Å². The molecule has 0 bridgehead atoms. The number of ketones is 1. The topological polar surface area (TPSA) is 37.4 Å². The Balaban J connectivity index is 1.85. The van der Waals surface area contributed by atoms with E-state index >= 15 is 0 Å². The van der Waals surface area contributed by atoms with Gasteiger partial charge in [-0.15, -0.1) is 0 Å². The van der Waals surface area contributed by atoms with Crippen LogP contribution >= 0.6 is 23.2 Å². The van der Waals surface area contributed by atoms with Gasteiger partial charge in [0.2, 0.25) is 5.91 Å². The summed E-state index contributed by atoms with van der Waals surface area (Å²) in [5, 5.41) is 1.12. The third kappa shape index (κ3) is 2.80. The first-order valence-corrected chi connectivity index (χ1v) is 7.18. The molecule has 0 atom stereocenters. The van der Waals surface area contributed by atoms with Crippen molar-refractivity contribution in [2.45, 2.75) is 6.42 Å². The van der Waals surface area contributed by atoms with Crippen molar-refractivity contribution in [1.82, 2.24) is 0 Å². The largest absolute Gasteiger partial charge is 0.304 e. The van der Waals surface area contributed by atoms with Crippen LogP contribution in [0, 0.1) is 0 Å². The SMILES string of the molecule is O=C(CN1C(=O)Cc2ccc(Cl)cc21)c1ccc(Cl)cc1. The molecule has 1 aliphatic heterocycles. The van der Waals surface area contributed by atoms with Crippen molar-refractivity contribution in [3.05, 3.63) is 63.6 Å². The Hall–Kier alpha value is -1.84. The maximum absolute atomic E-state index is 12.3. The number of rotatable bonds is 3. The number of hydrogen-bond donors (Lipinski definition) is 0. The predicted molar refractivity (Wildman–Crippen MR) is 83.3 cm³/mol. The van der Waals surface area contributed by atoms with Crippen molar-refractivity contribution in [2.24, 2.45) is 0 Å². The molecule has 1 heterocycles. The Morgan fingerprint density at radius 3 is 2.43 bits per heavy atom. The molecule has 0 fully saturated rings. The number of amides is 1. The van der Waals surface area contributed by atoms with Crippen molar-refractivity contribution in [3.8, 4) is 0 Å². The predicted octanol–water partition coefficient (Wildman–Crippen LogP) is 3.77. The molecule has 5 heteroatoms. The lowest BCUT2D eigenvalue weighted by atomic mass is 10.1. The van der Waals surface area contributed by atoms with Gasteiger partial charge in [0.1, 0.15) is 0 Å². The quantitative estimate of drug-likeness (QED) is 0.808. The maximum atomic E-state index is 12.3. The molecule has 0 radical (unpaired) electrons. The van der Waals surface area contributed by atoms with Gasteiger partial charge in [0.15, 0.2) is 5.78 Å². The number of carbonyl (C=O) groups is 2. The molecule has 3 nitrogen and oxygen atoms in total. The smallest absolute Gasteiger partial charge is 0.231 e. The Labute approximate surface area is 132 Å². The Kier molecular flexibility index (Phi) is 3.70. The summed E-state index contributed by atoms with van der Waals surface area (Å²) < 4.78 is 0. The first-order chi connectivity index (χ1) is 10.0. The van der Waals surface area contributed by atoms with Gasteiger partial charge in [0, 0.05) is 21.3 Å². The van der Waals surface area contributed by atoms with Crippen LogP contribution in [0.2, 0.25) is 10.0 Å². The van der Waals surface area contributed by atoms with E-state index in [0.717, 1.165) is 11.3 Å². The standard InChI is InChI=1S/C16H11Cl2NO2/c17-12-4-1-10(2-5-12)15(20)9-19-14-8-13(18)6-3-11(14)7-16(19)21/h1-6,8H,7,9H2. The number of benzene rings is 2. The fourth-order valence-corrected chi connectivity index (χ4v) is 2.67. The zero-order valence-corrected chi connectivity index (χ0v) is 12.5. The highest BCUT2D eigenvalue weighted by Crippen LogP contribution is 2.31. The summed E-state index contributed by atoms with van der Waals surface area (Å²) in [6.45, 7) is 0.00775. The third-order valence-corrected chi connectivity index (χ3v) is 3.94. The molecular formula is C16H11Cl2NO2. The molecular weight excluding hydrogens is 309 g/mol. The maximum Gasteiger partial charge on any atom is 0.231 e. The van der Waals surface area contributed by atoms with Crippen LogP contribution in [0.5, 0.6) is 0 Å². The molecule has 0 aromatic heterocycles. The van der Waals surface area contributed by atoms with Crippen LogP contribution < -0.4 is 4.90 Å². The summed E-state index contributed by atoms with van der Waals surface area (Å²) in [6.07, 6.45) is 0.306. The fourth-order valence-electron chi connectivity index (χ4n) is 2.37. The van der Waals surface area contributed by atoms with Crippen LogP contribution in [-0.4, -0.2) is 18.2 Å². The van der Waals surface area contributed by atoms with Crippen LogP contribution in [0.1, 0.15) is 15.9 Å². The van der Waals surface area contributed by atoms with E-state index in [1.54, 1.807) is 36.4 Å². The van der Waals surface area contributed by atoms with Gasteiger partial charge in [-0.05, 0) is 42.0 Å². The Morgan fingerprint density at radius 2 is 1.71 bits per heavy atom. The summed E-state index contributed by atoms with van der Waals surface area (Å²) >= 11 is 11.8.